The lowest BCUT2D eigenvalue weighted by molar-refractivity contribution is 0.957. The fraction of sp³-hybridized carbons (Fsp3) is 0.125. The van der Waals surface area contributed by atoms with Gasteiger partial charge in [-0.3, -0.25) is 0 Å². The first kappa shape index (κ1) is 12.9. The molecule has 0 N–H and O–H groups in total. The monoisotopic (exact) mass is 325 g/mol. The molecule has 2 aromatic carbocycles. The zero-order chi connectivity index (χ0) is 14.3. The van der Waals surface area contributed by atoms with E-state index in [1.165, 1.54) is 0 Å². The van der Waals surface area contributed by atoms with Gasteiger partial charge in [0.25, 0.3) is 0 Å². The van der Waals surface area contributed by atoms with Gasteiger partial charge < -0.3 is 4.57 Å². The molecule has 0 unspecified atom stereocenters. The van der Waals surface area contributed by atoms with E-state index < -0.39 is 0 Å². The minimum absolute atomic E-state index is 0.608. The van der Waals surface area contributed by atoms with Crippen molar-refractivity contribution < 1.29 is 0 Å². The molecule has 3 aromatic rings. The molecule has 0 aliphatic rings. The van der Waals surface area contributed by atoms with E-state index in [1.807, 2.05) is 29.8 Å². The van der Waals surface area contributed by atoms with Crippen molar-refractivity contribution >= 4 is 27.0 Å². The molecule has 0 aliphatic carbocycles. The maximum absolute atomic E-state index is 9.20. The van der Waals surface area contributed by atoms with Crippen LogP contribution >= 0.6 is 15.9 Å². The molecular weight excluding hydrogens is 314 g/mol. The van der Waals surface area contributed by atoms with Gasteiger partial charge in [0.2, 0.25) is 0 Å². The quantitative estimate of drug-likeness (QED) is 0.673. The number of halogens is 1. The number of imidazole rings is 1. The summed E-state index contributed by atoms with van der Waals surface area (Å²) in [6.45, 7) is 2.06. The Bertz CT molecular complexity index is 856. The van der Waals surface area contributed by atoms with Gasteiger partial charge in [0.1, 0.15) is 17.4 Å². The van der Waals surface area contributed by atoms with Crippen LogP contribution in [0.2, 0.25) is 0 Å². The summed E-state index contributed by atoms with van der Waals surface area (Å²) >= 11 is 3.50. The molecule has 3 nitrogen and oxygen atoms in total. The summed E-state index contributed by atoms with van der Waals surface area (Å²) in [5, 5.41) is 9.20. The standard InChI is InChI=1S/C16H12BrN3/c1-10-6-7-12(17)8-13(10)16-19-15-11(9-18)4-3-5-14(15)20(16)2/h3-8H,1-2H3. The van der Waals surface area contributed by atoms with Crippen LogP contribution in [-0.4, -0.2) is 9.55 Å². The molecule has 0 spiro atoms. The molecule has 0 fully saturated rings. The highest BCUT2D eigenvalue weighted by atomic mass is 79.9. The Morgan fingerprint density at radius 2 is 2.05 bits per heavy atom. The number of aryl methyl sites for hydroxylation is 2. The van der Waals surface area contributed by atoms with Crippen molar-refractivity contribution in [1.29, 1.82) is 5.26 Å². The lowest BCUT2D eigenvalue weighted by Gasteiger charge is -2.06. The van der Waals surface area contributed by atoms with Crippen LogP contribution in [0, 0.1) is 18.3 Å². The van der Waals surface area contributed by atoms with E-state index in [-0.39, 0.29) is 0 Å². The number of rotatable bonds is 1. The number of hydrogen-bond acceptors (Lipinski definition) is 2. The molecule has 0 atom stereocenters. The molecule has 0 aliphatic heterocycles. The lowest BCUT2D eigenvalue weighted by atomic mass is 10.1. The molecule has 0 amide bonds. The Morgan fingerprint density at radius 3 is 2.80 bits per heavy atom. The van der Waals surface area contributed by atoms with Gasteiger partial charge in [-0.1, -0.05) is 28.1 Å². The van der Waals surface area contributed by atoms with Gasteiger partial charge in [-0.15, -0.1) is 0 Å². The highest BCUT2D eigenvalue weighted by molar-refractivity contribution is 9.10. The van der Waals surface area contributed by atoms with E-state index in [9.17, 15) is 5.26 Å². The van der Waals surface area contributed by atoms with Gasteiger partial charge in [-0.2, -0.15) is 5.26 Å². The number of aromatic nitrogens is 2. The summed E-state index contributed by atoms with van der Waals surface area (Å²) in [6, 6.07) is 14.0. The first-order valence-corrected chi connectivity index (χ1v) is 7.03. The lowest BCUT2D eigenvalue weighted by Crippen LogP contribution is -1.94. The maximum Gasteiger partial charge on any atom is 0.141 e. The van der Waals surface area contributed by atoms with Crippen LogP contribution in [0.1, 0.15) is 11.1 Å². The SMILES string of the molecule is Cc1ccc(Br)cc1-c1nc2c(C#N)cccc2n1C. The van der Waals surface area contributed by atoms with Crippen LogP contribution < -0.4 is 0 Å². The number of fused-ring (bicyclic) bond motifs is 1. The number of nitrogens with zero attached hydrogens (tertiary/aromatic N) is 3. The highest BCUT2D eigenvalue weighted by Gasteiger charge is 2.14. The Morgan fingerprint density at radius 1 is 1.25 bits per heavy atom. The van der Waals surface area contributed by atoms with Gasteiger partial charge in [-0.25, -0.2) is 4.98 Å². The van der Waals surface area contributed by atoms with Crippen LogP contribution in [0.3, 0.4) is 0 Å². The van der Waals surface area contributed by atoms with Crippen LogP contribution in [0.4, 0.5) is 0 Å². The maximum atomic E-state index is 9.20. The minimum atomic E-state index is 0.608. The van der Waals surface area contributed by atoms with Gasteiger partial charge >= 0.3 is 0 Å². The van der Waals surface area contributed by atoms with E-state index in [2.05, 4.69) is 46.0 Å². The number of para-hydroxylation sites is 1. The van der Waals surface area contributed by atoms with Gasteiger partial charge in [0.05, 0.1) is 11.1 Å². The normalized spacial score (nSPS) is 10.7. The number of hydrogen-bond donors (Lipinski definition) is 0. The fourth-order valence-electron chi connectivity index (χ4n) is 2.38. The fourth-order valence-corrected chi connectivity index (χ4v) is 2.74. The summed E-state index contributed by atoms with van der Waals surface area (Å²) < 4.78 is 3.05. The number of nitriles is 1. The Kier molecular flexibility index (Phi) is 3.07. The third-order valence-electron chi connectivity index (χ3n) is 3.47. The van der Waals surface area contributed by atoms with E-state index in [4.69, 9.17) is 0 Å². The average Bonchev–Trinajstić information content (AvgIpc) is 2.79. The van der Waals surface area contributed by atoms with Crippen LogP contribution in [0.15, 0.2) is 40.9 Å². The topological polar surface area (TPSA) is 41.6 Å². The average molecular weight is 326 g/mol. The number of benzene rings is 2. The predicted molar refractivity (Wildman–Crippen MR) is 83.3 cm³/mol. The van der Waals surface area contributed by atoms with Gasteiger partial charge in [0.15, 0.2) is 0 Å². The second kappa shape index (κ2) is 4.77. The summed E-state index contributed by atoms with van der Waals surface area (Å²) in [5.74, 6) is 0.876. The van der Waals surface area contributed by atoms with Crippen molar-refractivity contribution in [3.05, 3.63) is 52.0 Å². The molecule has 3 rings (SSSR count). The van der Waals surface area contributed by atoms with Crippen LogP contribution in [0.25, 0.3) is 22.4 Å². The predicted octanol–water partition coefficient (Wildman–Crippen LogP) is 4.18. The van der Waals surface area contributed by atoms with Gasteiger partial charge in [0, 0.05) is 17.1 Å². The van der Waals surface area contributed by atoms with Crippen molar-refractivity contribution in [1.82, 2.24) is 9.55 Å². The summed E-state index contributed by atoms with van der Waals surface area (Å²) in [4.78, 5) is 4.67. The van der Waals surface area contributed by atoms with Crippen molar-refractivity contribution in [3.63, 3.8) is 0 Å². The minimum Gasteiger partial charge on any atom is -0.327 e. The first-order chi connectivity index (χ1) is 9.61. The van der Waals surface area contributed by atoms with Crippen LogP contribution in [0.5, 0.6) is 0 Å². The van der Waals surface area contributed by atoms with E-state index >= 15 is 0 Å². The van der Waals surface area contributed by atoms with Crippen molar-refractivity contribution in [2.24, 2.45) is 7.05 Å². The molecule has 0 radical (unpaired) electrons. The third kappa shape index (κ3) is 1.91. The molecule has 1 heterocycles. The molecular formula is C16H12BrN3. The Labute approximate surface area is 125 Å². The second-order valence-electron chi connectivity index (χ2n) is 4.74. The molecule has 98 valence electrons. The van der Waals surface area contributed by atoms with Gasteiger partial charge in [-0.05, 0) is 36.8 Å². The summed E-state index contributed by atoms with van der Waals surface area (Å²) in [5.41, 5.74) is 4.56. The molecule has 0 saturated carbocycles. The molecule has 0 bridgehead atoms. The molecule has 1 aromatic heterocycles. The largest absolute Gasteiger partial charge is 0.327 e. The Hall–Kier alpha value is -2.12. The zero-order valence-corrected chi connectivity index (χ0v) is 12.8. The molecule has 4 heteroatoms. The van der Waals surface area contributed by atoms with Crippen molar-refractivity contribution in [2.75, 3.05) is 0 Å². The second-order valence-corrected chi connectivity index (χ2v) is 5.65. The van der Waals surface area contributed by atoms with E-state index in [0.29, 0.717) is 5.56 Å². The summed E-state index contributed by atoms with van der Waals surface area (Å²) in [6.07, 6.45) is 0. The van der Waals surface area contributed by atoms with E-state index in [1.54, 1.807) is 6.07 Å². The van der Waals surface area contributed by atoms with Crippen LogP contribution in [-0.2, 0) is 7.05 Å². The zero-order valence-electron chi connectivity index (χ0n) is 11.2. The molecule has 20 heavy (non-hydrogen) atoms. The summed E-state index contributed by atoms with van der Waals surface area (Å²) in [7, 11) is 1.98. The Balaban J connectivity index is 2.36. The molecule has 0 saturated heterocycles. The van der Waals surface area contributed by atoms with Crippen molar-refractivity contribution in [3.8, 4) is 17.5 Å². The van der Waals surface area contributed by atoms with Crippen molar-refractivity contribution in [2.45, 2.75) is 6.92 Å². The first-order valence-electron chi connectivity index (χ1n) is 6.24. The smallest absolute Gasteiger partial charge is 0.141 e. The third-order valence-corrected chi connectivity index (χ3v) is 3.97. The highest BCUT2D eigenvalue weighted by Crippen LogP contribution is 2.29. The van der Waals surface area contributed by atoms with E-state index in [0.717, 1.165) is 32.5 Å².